The summed E-state index contributed by atoms with van der Waals surface area (Å²) in [7, 11) is 4.23. The summed E-state index contributed by atoms with van der Waals surface area (Å²) in [6, 6.07) is 19.3. The number of carbonyl (C=O) groups is 1. The monoisotopic (exact) mass is 471 g/mol. The number of pyridine rings is 1. The zero-order valence-corrected chi connectivity index (χ0v) is 21.9. The normalized spacial score (nSPS) is 11.6. The number of amides is 1. The van der Waals surface area contributed by atoms with Gasteiger partial charge in [0.1, 0.15) is 0 Å². The van der Waals surface area contributed by atoms with Crippen molar-refractivity contribution in [2.75, 3.05) is 0 Å². The van der Waals surface area contributed by atoms with Gasteiger partial charge in [0.05, 0.1) is 0 Å². The third-order valence-corrected chi connectivity index (χ3v) is 5.80. The molecule has 1 heterocycles. The Labute approximate surface area is 218 Å². The second-order valence-corrected chi connectivity index (χ2v) is 9.30. The van der Waals surface area contributed by atoms with Gasteiger partial charge >= 0.3 is 219 Å². The van der Waals surface area contributed by atoms with Gasteiger partial charge in [0, 0.05) is 0 Å². The molecule has 0 unspecified atom stereocenters. The van der Waals surface area contributed by atoms with Crippen LogP contribution in [0, 0.1) is 0 Å². The van der Waals surface area contributed by atoms with Gasteiger partial charge < -0.3 is 0 Å². The van der Waals surface area contributed by atoms with Crippen molar-refractivity contribution in [3.05, 3.63) is 120 Å². The molecule has 3 rings (SSSR count). The maximum absolute atomic E-state index is 12.1. The van der Waals surface area contributed by atoms with Crippen molar-refractivity contribution in [3.63, 3.8) is 0 Å². The molecule has 36 heavy (non-hydrogen) atoms. The van der Waals surface area contributed by atoms with Crippen molar-refractivity contribution in [1.82, 2.24) is 5.32 Å². The molecular formula is C30H34B3N2O+. The topological polar surface area (TPSA) is 33.0 Å². The van der Waals surface area contributed by atoms with Crippen molar-refractivity contribution in [1.29, 1.82) is 0 Å². The molecule has 6 heteroatoms. The standard InChI is InChI=1S/C30H33B3N2O/c1-4-5-10-26(17-33-16-23-8-6-11-28(31)14-23)27-13-25(18-34-30(36)22(2)3)20-35(21-27)19-24-9-7-12-29(32)15-24/h4-15,17,20-21H,2,16,18-19,31-32H2,1,3H3/p+1/b5-4-,26-10+. The number of allylic oxidation sites excluding steroid dienone is 4. The van der Waals surface area contributed by atoms with Gasteiger partial charge in [0.25, 0.3) is 0 Å². The first-order valence-corrected chi connectivity index (χ1v) is 12.4. The first-order chi connectivity index (χ1) is 17.3. The summed E-state index contributed by atoms with van der Waals surface area (Å²) >= 11 is 0. The van der Waals surface area contributed by atoms with Crippen LogP contribution in [0.3, 0.4) is 0 Å². The molecule has 0 saturated heterocycles. The van der Waals surface area contributed by atoms with Crippen LogP contribution in [0.1, 0.15) is 36.1 Å². The molecule has 0 radical (unpaired) electrons. The average Bonchev–Trinajstić information content (AvgIpc) is 2.84. The van der Waals surface area contributed by atoms with Gasteiger partial charge in [-0.15, -0.1) is 0 Å². The number of nitrogens with zero attached hydrogens (tertiary/aromatic N) is 1. The van der Waals surface area contributed by atoms with Crippen LogP contribution in [0.4, 0.5) is 0 Å². The molecule has 1 aromatic heterocycles. The zero-order valence-electron chi connectivity index (χ0n) is 21.9. The van der Waals surface area contributed by atoms with Crippen molar-refractivity contribution < 1.29 is 9.36 Å². The number of benzene rings is 2. The Morgan fingerprint density at radius 3 is 2.39 bits per heavy atom. The molecule has 3 aromatic rings. The molecule has 0 saturated carbocycles. The van der Waals surface area contributed by atoms with Crippen molar-refractivity contribution in [2.45, 2.75) is 33.3 Å². The zero-order chi connectivity index (χ0) is 25.9. The van der Waals surface area contributed by atoms with E-state index in [0.29, 0.717) is 12.1 Å². The second kappa shape index (κ2) is 13.4. The molecule has 3 nitrogen and oxygen atoms in total. The Hall–Kier alpha value is -3.66. The van der Waals surface area contributed by atoms with Gasteiger partial charge in [-0.3, -0.25) is 0 Å². The van der Waals surface area contributed by atoms with Gasteiger partial charge in [0.2, 0.25) is 0 Å². The predicted octanol–water partition coefficient (Wildman–Crippen LogP) is 1.40. The number of hydrogen-bond donors (Lipinski definition) is 1. The molecule has 0 aliphatic rings. The first kappa shape index (κ1) is 26.9. The Balaban J connectivity index is 1.95. The van der Waals surface area contributed by atoms with E-state index in [4.69, 9.17) is 0 Å². The fourth-order valence-electron chi connectivity index (χ4n) is 4.01. The number of carbonyl (C=O) groups excluding carboxylic acids is 1. The quantitative estimate of drug-likeness (QED) is 0.207. The van der Waals surface area contributed by atoms with Crippen LogP contribution >= 0.6 is 0 Å². The van der Waals surface area contributed by atoms with Gasteiger partial charge in [-0.1, -0.05) is 0 Å². The Morgan fingerprint density at radius 1 is 1.03 bits per heavy atom. The van der Waals surface area contributed by atoms with Gasteiger partial charge in [-0.05, 0) is 0 Å². The third kappa shape index (κ3) is 8.53. The fraction of sp³-hybridized carbons (Fsp3) is 0.167. The predicted molar refractivity (Wildman–Crippen MR) is 160 cm³/mol. The molecule has 2 aromatic carbocycles. The molecule has 1 N–H and O–H groups in total. The van der Waals surface area contributed by atoms with E-state index in [9.17, 15) is 4.79 Å². The molecule has 1 amide bonds. The minimum absolute atomic E-state index is 0.131. The number of rotatable bonds is 10. The van der Waals surface area contributed by atoms with E-state index in [2.05, 4.69) is 124 Å². The molecule has 0 bridgehead atoms. The van der Waals surface area contributed by atoms with Gasteiger partial charge in [-0.2, -0.15) is 0 Å². The maximum atomic E-state index is 12.1. The van der Waals surface area contributed by atoms with E-state index in [0.717, 1.165) is 29.6 Å². The van der Waals surface area contributed by atoms with Gasteiger partial charge in [0.15, 0.2) is 0 Å². The van der Waals surface area contributed by atoms with Crippen LogP contribution < -0.4 is 20.8 Å². The summed E-state index contributed by atoms with van der Waals surface area (Å²) < 4.78 is 2.20. The van der Waals surface area contributed by atoms with E-state index in [1.165, 1.54) is 22.1 Å². The summed E-state index contributed by atoms with van der Waals surface area (Å²) in [6.45, 7) is 10.9. The summed E-state index contributed by atoms with van der Waals surface area (Å²) in [5.74, 6) is 2.05. The number of hydrogen-bond acceptors (Lipinski definition) is 1. The third-order valence-electron chi connectivity index (χ3n) is 5.80. The first-order valence-electron chi connectivity index (χ1n) is 12.4. The summed E-state index contributed by atoms with van der Waals surface area (Å²) in [5, 5.41) is 2.97. The summed E-state index contributed by atoms with van der Waals surface area (Å²) in [4.78, 5) is 12.1. The van der Waals surface area contributed by atoms with E-state index in [-0.39, 0.29) is 5.91 Å². The average molecular weight is 471 g/mol. The van der Waals surface area contributed by atoms with E-state index >= 15 is 0 Å². The number of nitrogens with one attached hydrogen (secondary N) is 1. The molecular weight excluding hydrogens is 437 g/mol. The Bertz CT molecular complexity index is 1330. The van der Waals surface area contributed by atoms with Crippen LogP contribution in [0.25, 0.3) is 5.57 Å². The molecule has 178 valence electrons. The molecule has 0 fully saturated rings. The van der Waals surface area contributed by atoms with Crippen molar-refractivity contribution in [2.24, 2.45) is 0 Å². The molecule has 0 spiro atoms. The summed E-state index contributed by atoms with van der Waals surface area (Å²) in [6.07, 6.45) is 11.4. The summed E-state index contributed by atoms with van der Waals surface area (Å²) in [5.41, 5.74) is 8.80. The Kier molecular flexibility index (Phi) is 10.1. The number of aromatic nitrogens is 1. The van der Waals surface area contributed by atoms with Crippen molar-refractivity contribution >= 4 is 51.0 Å². The van der Waals surface area contributed by atoms with Crippen LogP contribution in [-0.4, -0.2) is 34.5 Å². The van der Waals surface area contributed by atoms with E-state index in [1.54, 1.807) is 6.92 Å². The van der Waals surface area contributed by atoms with Crippen LogP contribution in [0.2, 0.25) is 0 Å². The van der Waals surface area contributed by atoms with Crippen molar-refractivity contribution in [3.8, 4) is 0 Å². The van der Waals surface area contributed by atoms with Crippen LogP contribution in [0.5, 0.6) is 0 Å². The minimum atomic E-state index is -0.131. The molecule has 0 aliphatic heterocycles. The molecule has 0 atom stereocenters. The van der Waals surface area contributed by atoms with Gasteiger partial charge in [-0.25, -0.2) is 0 Å². The van der Waals surface area contributed by atoms with E-state index < -0.39 is 0 Å². The molecule has 0 aliphatic carbocycles. The second-order valence-electron chi connectivity index (χ2n) is 9.30. The van der Waals surface area contributed by atoms with E-state index in [1.807, 2.05) is 13.0 Å². The fourth-order valence-corrected chi connectivity index (χ4v) is 4.01. The Morgan fingerprint density at radius 2 is 1.72 bits per heavy atom. The van der Waals surface area contributed by atoms with Crippen LogP contribution in [-0.2, 0) is 24.2 Å². The SMILES string of the molecule is Bc1cccc(C/B=C/C(=C\C=C/C)c2cc(CNC(=O)C(=C)C)c[n+](Cc3cccc(B)c3)c2)c1. The van der Waals surface area contributed by atoms with Crippen LogP contribution in [0.15, 0.2) is 97.4 Å².